The van der Waals surface area contributed by atoms with E-state index in [1.807, 2.05) is 19.1 Å². The Morgan fingerprint density at radius 1 is 1.40 bits per heavy atom. The molecule has 1 aliphatic carbocycles. The molecule has 0 bridgehead atoms. The number of aromatic nitrogens is 3. The van der Waals surface area contributed by atoms with Crippen LogP contribution in [0.2, 0.25) is 0 Å². The minimum atomic E-state index is -0.291. The third-order valence-electron chi connectivity index (χ3n) is 4.37. The number of amides is 1. The van der Waals surface area contributed by atoms with E-state index in [9.17, 15) is 4.79 Å². The number of hydrogen-bond acceptors (Lipinski definition) is 6. The Morgan fingerprint density at radius 3 is 3.00 bits per heavy atom. The van der Waals surface area contributed by atoms with Gasteiger partial charge >= 0.3 is 5.91 Å². The van der Waals surface area contributed by atoms with Crippen molar-refractivity contribution in [3.8, 4) is 11.4 Å². The quantitative estimate of drug-likeness (QED) is 0.786. The molecular formula is C18H18N4O3. The zero-order valence-electron chi connectivity index (χ0n) is 14.1. The van der Waals surface area contributed by atoms with Crippen LogP contribution < -0.4 is 5.32 Å². The van der Waals surface area contributed by atoms with E-state index in [-0.39, 0.29) is 17.8 Å². The van der Waals surface area contributed by atoms with Gasteiger partial charge in [-0.05, 0) is 37.0 Å². The van der Waals surface area contributed by atoms with Crippen molar-refractivity contribution < 1.29 is 13.7 Å². The molecule has 0 aliphatic heterocycles. The fraction of sp³-hybridized carbons (Fsp3) is 0.333. The van der Waals surface area contributed by atoms with Gasteiger partial charge in [-0.25, -0.2) is 4.98 Å². The summed E-state index contributed by atoms with van der Waals surface area (Å²) < 4.78 is 10.5. The molecule has 0 unspecified atom stereocenters. The number of carbonyl (C=O) groups is 1. The van der Waals surface area contributed by atoms with Crippen LogP contribution in [0.1, 0.15) is 52.8 Å². The number of fused-ring (bicyclic) bond motifs is 1. The molecule has 1 N–H and O–H groups in total. The van der Waals surface area contributed by atoms with Gasteiger partial charge < -0.3 is 14.3 Å². The van der Waals surface area contributed by atoms with Gasteiger partial charge in [0.05, 0.1) is 12.2 Å². The number of nitrogens with one attached hydrogen (secondary N) is 1. The third-order valence-corrected chi connectivity index (χ3v) is 4.37. The monoisotopic (exact) mass is 338 g/mol. The maximum absolute atomic E-state index is 12.2. The van der Waals surface area contributed by atoms with Gasteiger partial charge in [-0.1, -0.05) is 24.2 Å². The predicted molar refractivity (Wildman–Crippen MR) is 88.9 cm³/mol. The molecule has 2 aromatic heterocycles. The van der Waals surface area contributed by atoms with E-state index in [0.29, 0.717) is 23.9 Å². The molecule has 0 saturated carbocycles. The first-order valence-corrected chi connectivity index (χ1v) is 8.33. The van der Waals surface area contributed by atoms with Crippen LogP contribution >= 0.6 is 0 Å². The van der Waals surface area contributed by atoms with E-state index in [0.717, 1.165) is 24.0 Å². The van der Waals surface area contributed by atoms with Crippen LogP contribution in [0, 0.1) is 6.92 Å². The van der Waals surface area contributed by atoms with Crippen LogP contribution in [0.5, 0.6) is 0 Å². The Labute approximate surface area is 144 Å². The molecule has 1 aromatic carbocycles. The average Bonchev–Trinajstić information content (AvgIpc) is 3.34. The molecule has 7 nitrogen and oxygen atoms in total. The lowest BCUT2D eigenvalue weighted by Gasteiger charge is -2.12. The second kappa shape index (κ2) is 6.16. The Bertz CT molecular complexity index is 928. The Kier molecular flexibility index (Phi) is 3.83. The van der Waals surface area contributed by atoms with Crippen molar-refractivity contribution in [3.63, 3.8) is 0 Å². The first-order valence-electron chi connectivity index (χ1n) is 8.33. The van der Waals surface area contributed by atoms with Crippen molar-refractivity contribution in [1.82, 2.24) is 20.4 Å². The lowest BCUT2D eigenvalue weighted by molar-refractivity contribution is 0.0900. The number of hydrogen-bond donors (Lipinski definition) is 1. The summed E-state index contributed by atoms with van der Waals surface area (Å²) in [6.07, 6.45) is 3.99. The second-order valence-electron chi connectivity index (χ2n) is 6.12. The number of carbonyl (C=O) groups excluding carboxylic acids is 1. The molecule has 2 heterocycles. The van der Waals surface area contributed by atoms with E-state index in [1.54, 1.807) is 13.1 Å². The summed E-state index contributed by atoms with van der Waals surface area (Å²) in [5.74, 6) is 1.65. The van der Waals surface area contributed by atoms with Gasteiger partial charge in [0.15, 0.2) is 0 Å². The summed E-state index contributed by atoms with van der Waals surface area (Å²) in [7, 11) is 0. The maximum atomic E-state index is 12.2. The standard InChI is InChI=1S/C18H18N4O3/c1-3-15-21-16(22-25-15)12-4-6-13-11(8-12)5-7-14(13)20-17(23)18-19-9-10(2)24-18/h4,6,8-9,14H,3,5,7H2,1-2H3,(H,20,23)/t14-/m1/s1. The van der Waals surface area contributed by atoms with Crippen LogP contribution in [0.4, 0.5) is 0 Å². The van der Waals surface area contributed by atoms with E-state index < -0.39 is 0 Å². The second-order valence-corrected chi connectivity index (χ2v) is 6.12. The van der Waals surface area contributed by atoms with Crippen LogP contribution in [-0.2, 0) is 12.8 Å². The lowest BCUT2D eigenvalue weighted by atomic mass is 10.0. The van der Waals surface area contributed by atoms with Crippen molar-refractivity contribution in [3.05, 3.63) is 53.1 Å². The molecule has 128 valence electrons. The van der Waals surface area contributed by atoms with E-state index in [1.165, 1.54) is 5.56 Å². The molecule has 1 aliphatic rings. The highest BCUT2D eigenvalue weighted by atomic mass is 16.5. The molecule has 1 amide bonds. The number of rotatable bonds is 4. The zero-order valence-corrected chi connectivity index (χ0v) is 14.1. The highest BCUT2D eigenvalue weighted by Crippen LogP contribution is 2.33. The molecule has 0 saturated heterocycles. The maximum Gasteiger partial charge on any atom is 0.307 e. The van der Waals surface area contributed by atoms with Crippen molar-refractivity contribution in [2.24, 2.45) is 0 Å². The third kappa shape index (κ3) is 2.93. The molecule has 0 radical (unpaired) electrons. The van der Waals surface area contributed by atoms with E-state index in [2.05, 4.69) is 26.5 Å². The van der Waals surface area contributed by atoms with E-state index >= 15 is 0 Å². The lowest BCUT2D eigenvalue weighted by Crippen LogP contribution is -2.27. The molecule has 0 spiro atoms. The minimum absolute atomic E-state index is 0.0415. The molecule has 1 atom stereocenters. The average molecular weight is 338 g/mol. The smallest absolute Gasteiger partial charge is 0.307 e. The Morgan fingerprint density at radius 2 is 2.28 bits per heavy atom. The van der Waals surface area contributed by atoms with Gasteiger partial charge in [-0.2, -0.15) is 4.98 Å². The first-order chi connectivity index (χ1) is 12.1. The van der Waals surface area contributed by atoms with Gasteiger partial charge in [0.25, 0.3) is 5.89 Å². The minimum Gasteiger partial charge on any atom is -0.438 e. The summed E-state index contributed by atoms with van der Waals surface area (Å²) >= 11 is 0. The SMILES string of the molecule is CCc1nc(-c2ccc3c(c2)CC[C@H]3NC(=O)c2ncc(C)o2)no1. The Hall–Kier alpha value is -2.96. The topological polar surface area (TPSA) is 94.1 Å². The van der Waals surface area contributed by atoms with Crippen molar-refractivity contribution >= 4 is 5.91 Å². The summed E-state index contributed by atoms with van der Waals surface area (Å²) in [5.41, 5.74) is 3.23. The number of nitrogens with zero attached hydrogens (tertiary/aromatic N) is 3. The molecular weight excluding hydrogens is 320 g/mol. The normalized spacial score (nSPS) is 16.0. The number of aryl methyl sites for hydroxylation is 3. The van der Waals surface area contributed by atoms with Crippen LogP contribution in [-0.4, -0.2) is 21.0 Å². The van der Waals surface area contributed by atoms with Gasteiger partial charge in [0.1, 0.15) is 5.76 Å². The van der Waals surface area contributed by atoms with Crippen molar-refractivity contribution in [2.75, 3.05) is 0 Å². The van der Waals surface area contributed by atoms with Gasteiger partial charge in [-0.3, -0.25) is 4.79 Å². The largest absolute Gasteiger partial charge is 0.438 e. The fourth-order valence-corrected chi connectivity index (χ4v) is 3.10. The van der Waals surface area contributed by atoms with Gasteiger partial charge in [-0.15, -0.1) is 0 Å². The van der Waals surface area contributed by atoms with E-state index in [4.69, 9.17) is 8.94 Å². The highest BCUT2D eigenvalue weighted by molar-refractivity contribution is 5.90. The Balaban J connectivity index is 1.54. The zero-order chi connectivity index (χ0) is 17.4. The first kappa shape index (κ1) is 15.6. The summed E-state index contributed by atoms with van der Waals surface area (Å²) in [5, 5.41) is 7.01. The summed E-state index contributed by atoms with van der Waals surface area (Å²) in [6.45, 7) is 3.74. The van der Waals surface area contributed by atoms with Crippen molar-refractivity contribution in [2.45, 2.75) is 39.2 Å². The van der Waals surface area contributed by atoms with Gasteiger partial charge in [0.2, 0.25) is 11.7 Å². The predicted octanol–water partition coefficient (Wildman–Crippen LogP) is 3.01. The highest BCUT2D eigenvalue weighted by Gasteiger charge is 2.26. The molecule has 0 fully saturated rings. The van der Waals surface area contributed by atoms with Gasteiger partial charge in [0, 0.05) is 12.0 Å². The molecule has 3 aromatic rings. The molecule has 4 rings (SSSR count). The summed E-state index contributed by atoms with van der Waals surface area (Å²) in [6, 6.07) is 6.01. The van der Waals surface area contributed by atoms with Crippen LogP contribution in [0.15, 0.2) is 33.3 Å². The fourth-order valence-electron chi connectivity index (χ4n) is 3.10. The summed E-state index contributed by atoms with van der Waals surface area (Å²) in [4.78, 5) is 20.6. The molecule has 25 heavy (non-hydrogen) atoms. The number of oxazole rings is 1. The van der Waals surface area contributed by atoms with Crippen molar-refractivity contribution in [1.29, 1.82) is 0 Å². The molecule has 7 heteroatoms. The number of benzene rings is 1. The van der Waals surface area contributed by atoms with Crippen LogP contribution in [0.3, 0.4) is 0 Å². The van der Waals surface area contributed by atoms with Crippen LogP contribution in [0.25, 0.3) is 11.4 Å².